The van der Waals surface area contributed by atoms with E-state index in [9.17, 15) is 0 Å². The van der Waals surface area contributed by atoms with Crippen LogP contribution in [0.3, 0.4) is 0 Å². The molecule has 19 heavy (non-hydrogen) atoms. The van der Waals surface area contributed by atoms with Gasteiger partial charge in [-0.05, 0) is 50.5 Å². The molecule has 0 saturated carbocycles. The van der Waals surface area contributed by atoms with E-state index in [1.165, 1.54) is 21.2 Å². The number of hydrogen-bond donors (Lipinski definition) is 0. The topological polar surface area (TPSA) is 0 Å². The van der Waals surface area contributed by atoms with Crippen LogP contribution in [-0.2, 0) is 0 Å². The zero-order chi connectivity index (χ0) is 13.4. The van der Waals surface area contributed by atoms with Crippen molar-refractivity contribution < 1.29 is 0 Å². The maximum absolute atomic E-state index is 3.83. The molecule has 1 atom stereocenters. The molecule has 2 aromatic carbocycles. The van der Waals surface area contributed by atoms with Crippen molar-refractivity contribution in [2.45, 2.75) is 4.83 Å². The Kier molecular flexibility index (Phi) is 4.13. The molecular formula is C15H9Br3S. The summed E-state index contributed by atoms with van der Waals surface area (Å²) < 4.78 is 2.30. The van der Waals surface area contributed by atoms with Crippen LogP contribution in [0, 0.1) is 0 Å². The Morgan fingerprint density at radius 2 is 1.58 bits per heavy atom. The highest BCUT2D eigenvalue weighted by Crippen LogP contribution is 2.41. The van der Waals surface area contributed by atoms with Gasteiger partial charge in [0, 0.05) is 9.35 Å². The van der Waals surface area contributed by atoms with Crippen LogP contribution in [0.15, 0.2) is 56.8 Å². The molecule has 0 amide bonds. The summed E-state index contributed by atoms with van der Waals surface area (Å²) in [5, 5.41) is 2.53. The van der Waals surface area contributed by atoms with Gasteiger partial charge in [0.2, 0.25) is 0 Å². The monoisotopic (exact) mass is 458 g/mol. The predicted molar refractivity (Wildman–Crippen MR) is 94.4 cm³/mol. The quantitative estimate of drug-likeness (QED) is 0.364. The normalized spacial score (nSPS) is 12.8. The molecular weight excluding hydrogens is 452 g/mol. The Balaban J connectivity index is 2.18. The number of hydrogen-bond acceptors (Lipinski definition) is 1. The fourth-order valence-corrected chi connectivity index (χ4v) is 4.86. The fraction of sp³-hybridized carbons (Fsp3) is 0.0667. The summed E-state index contributed by atoms with van der Waals surface area (Å²) in [6.07, 6.45) is 0. The van der Waals surface area contributed by atoms with Gasteiger partial charge >= 0.3 is 0 Å². The molecule has 1 unspecified atom stereocenters. The molecule has 3 aromatic rings. The number of rotatable bonds is 2. The lowest BCUT2D eigenvalue weighted by molar-refractivity contribution is 1.25. The maximum atomic E-state index is 3.83. The van der Waals surface area contributed by atoms with E-state index in [1.54, 1.807) is 11.3 Å². The summed E-state index contributed by atoms with van der Waals surface area (Å²) in [4.78, 5) is 1.53. The minimum absolute atomic E-state index is 0.224. The van der Waals surface area contributed by atoms with Crippen LogP contribution in [0.4, 0.5) is 0 Å². The number of thiophene rings is 1. The molecule has 0 bridgehead atoms. The first-order valence-electron chi connectivity index (χ1n) is 5.73. The molecule has 0 fully saturated rings. The third kappa shape index (κ3) is 2.68. The molecule has 4 heteroatoms. The first-order valence-corrected chi connectivity index (χ1v) is 9.05. The van der Waals surface area contributed by atoms with E-state index >= 15 is 0 Å². The molecule has 96 valence electrons. The van der Waals surface area contributed by atoms with E-state index in [0.717, 1.165) is 8.26 Å². The molecule has 0 aliphatic carbocycles. The van der Waals surface area contributed by atoms with E-state index in [4.69, 9.17) is 0 Å². The average molecular weight is 461 g/mol. The van der Waals surface area contributed by atoms with E-state index < -0.39 is 0 Å². The Hall–Kier alpha value is -0.160. The SMILES string of the molecule is Brc1ccc(C(Br)c2ccc(Br)c3ccccc23)s1. The molecule has 0 spiro atoms. The van der Waals surface area contributed by atoms with Gasteiger partial charge in [0.25, 0.3) is 0 Å². The predicted octanol–water partition coefficient (Wildman–Crippen LogP) is 6.91. The zero-order valence-electron chi connectivity index (χ0n) is 9.74. The third-order valence-corrected chi connectivity index (χ3v) is 6.69. The van der Waals surface area contributed by atoms with Gasteiger partial charge in [-0.3, -0.25) is 0 Å². The smallest absolute Gasteiger partial charge is 0.0744 e. The summed E-state index contributed by atoms with van der Waals surface area (Å²) in [6.45, 7) is 0. The zero-order valence-corrected chi connectivity index (χ0v) is 15.3. The Labute approximate surface area is 141 Å². The van der Waals surface area contributed by atoms with Crippen LogP contribution < -0.4 is 0 Å². The largest absolute Gasteiger partial charge is 0.132 e. The van der Waals surface area contributed by atoms with Gasteiger partial charge in [-0.1, -0.05) is 62.2 Å². The highest BCUT2D eigenvalue weighted by atomic mass is 79.9. The van der Waals surface area contributed by atoms with Gasteiger partial charge in [0.1, 0.15) is 0 Å². The lowest BCUT2D eigenvalue weighted by atomic mass is 10.0. The van der Waals surface area contributed by atoms with Crippen molar-refractivity contribution in [3.8, 4) is 0 Å². The molecule has 1 heterocycles. The molecule has 0 aliphatic heterocycles. The van der Waals surface area contributed by atoms with Gasteiger partial charge in [0.05, 0.1) is 8.61 Å². The van der Waals surface area contributed by atoms with Crippen molar-refractivity contribution in [1.82, 2.24) is 0 Å². The first-order chi connectivity index (χ1) is 9.16. The fourth-order valence-electron chi connectivity index (χ4n) is 2.12. The minimum atomic E-state index is 0.224. The van der Waals surface area contributed by atoms with Crippen molar-refractivity contribution in [3.63, 3.8) is 0 Å². The molecule has 0 saturated heterocycles. The van der Waals surface area contributed by atoms with Gasteiger partial charge < -0.3 is 0 Å². The number of alkyl halides is 1. The van der Waals surface area contributed by atoms with Gasteiger partial charge in [-0.2, -0.15) is 0 Å². The second kappa shape index (κ2) is 5.68. The highest BCUT2D eigenvalue weighted by molar-refractivity contribution is 9.11. The van der Waals surface area contributed by atoms with Crippen LogP contribution in [0.5, 0.6) is 0 Å². The molecule has 0 radical (unpaired) electrons. The highest BCUT2D eigenvalue weighted by Gasteiger charge is 2.16. The second-order valence-corrected chi connectivity index (χ2v) is 8.45. The van der Waals surface area contributed by atoms with Gasteiger partial charge in [0.15, 0.2) is 0 Å². The molecule has 3 rings (SSSR count). The summed E-state index contributed by atoms with van der Waals surface area (Å²) in [5.74, 6) is 0. The molecule has 0 N–H and O–H groups in total. The molecule has 0 aliphatic rings. The summed E-state index contributed by atoms with van der Waals surface area (Å²) in [5.41, 5.74) is 1.30. The summed E-state index contributed by atoms with van der Waals surface area (Å²) >= 11 is 12.7. The van der Waals surface area contributed by atoms with Gasteiger partial charge in [-0.15, -0.1) is 11.3 Å². The van der Waals surface area contributed by atoms with E-state index in [1.807, 2.05) is 0 Å². The van der Waals surface area contributed by atoms with Crippen molar-refractivity contribution in [2.75, 3.05) is 0 Å². The standard InChI is InChI=1S/C15H9Br3S/c16-12-6-5-11(9-3-1-2-4-10(9)12)15(18)13-7-8-14(17)19-13/h1-8,15H. The van der Waals surface area contributed by atoms with Crippen LogP contribution in [0.1, 0.15) is 15.3 Å². The van der Waals surface area contributed by atoms with Gasteiger partial charge in [-0.25, -0.2) is 0 Å². The maximum Gasteiger partial charge on any atom is 0.0744 e. The second-order valence-electron chi connectivity index (χ2n) is 4.19. The van der Waals surface area contributed by atoms with E-state index in [2.05, 4.69) is 96.3 Å². The molecule has 1 aromatic heterocycles. The number of benzene rings is 2. The minimum Gasteiger partial charge on any atom is -0.132 e. The summed E-state index contributed by atoms with van der Waals surface area (Å²) in [6, 6.07) is 17.0. The lowest BCUT2D eigenvalue weighted by Gasteiger charge is -2.12. The van der Waals surface area contributed by atoms with Crippen molar-refractivity contribution >= 4 is 69.9 Å². The number of fused-ring (bicyclic) bond motifs is 1. The van der Waals surface area contributed by atoms with E-state index in [0.29, 0.717) is 0 Å². The van der Waals surface area contributed by atoms with Crippen LogP contribution in [0.25, 0.3) is 10.8 Å². The summed E-state index contributed by atoms with van der Waals surface area (Å²) in [7, 11) is 0. The van der Waals surface area contributed by atoms with Crippen LogP contribution in [-0.4, -0.2) is 0 Å². The first kappa shape index (κ1) is 13.8. The van der Waals surface area contributed by atoms with Crippen molar-refractivity contribution in [3.05, 3.63) is 67.2 Å². The van der Waals surface area contributed by atoms with Crippen molar-refractivity contribution in [1.29, 1.82) is 0 Å². The molecule has 0 nitrogen and oxygen atoms in total. The van der Waals surface area contributed by atoms with Crippen LogP contribution in [0.2, 0.25) is 0 Å². The van der Waals surface area contributed by atoms with Crippen molar-refractivity contribution in [2.24, 2.45) is 0 Å². The number of halogens is 3. The Morgan fingerprint density at radius 3 is 2.26 bits per heavy atom. The van der Waals surface area contributed by atoms with Crippen LogP contribution >= 0.6 is 59.1 Å². The Bertz CT molecular complexity index is 733. The van der Waals surface area contributed by atoms with E-state index in [-0.39, 0.29) is 4.83 Å². The third-order valence-electron chi connectivity index (χ3n) is 3.02. The average Bonchev–Trinajstić information content (AvgIpc) is 2.86. The Morgan fingerprint density at radius 1 is 0.842 bits per heavy atom. The lowest BCUT2D eigenvalue weighted by Crippen LogP contribution is -1.91.